The molecule has 1 heterocycles. The average Bonchev–Trinajstić information content (AvgIpc) is 2.48. The number of hydrogen-bond donors (Lipinski definition) is 0. The van der Waals surface area contributed by atoms with Gasteiger partial charge in [0.25, 0.3) is 5.91 Å². The standard InChI is InChI=1S/C16H13BrClFN2O/c1-20-7-8-21(13-6-5-10(17)9-14(13)20)16(22)15-11(18)3-2-4-12(15)19/h2-6,9H,7-8H2,1H3. The molecule has 0 N–H and O–H groups in total. The number of amides is 1. The van der Waals surface area contributed by atoms with Gasteiger partial charge in [-0.15, -0.1) is 0 Å². The molecule has 0 atom stereocenters. The molecule has 0 unspecified atom stereocenters. The SMILES string of the molecule is CN1CCN(C(=O)c2c(F)cccc2Cl)c2ccc(Br)cc21. The number of likely N-dealkylation sites (N-methyl/N-ethyl adjacent to an activating group) is 1. The third-order valence-corrected chi connectivity index (χ3v) is 4.53. The smallest absolute Gasteiger partial charge is 0.262 e. The molecule has 0 saturated carbocycles. The van der Waals surface area contributed by atoms with Crippen LogP contribution in [0.2, 0.25) is 5.02 Å². The van der Waals surface area contributed by atoms with Crippen LogP contribution in [0, 0.1) is 5.82 Å². The van der Waals surface area contributed by atoms with Crippen molar-refractivity contribution in [3.63, 3.8) is 0 Å². The molecule has 0 aromatic heterocycles. The van der Waals surface area contributed by atoms with Crippen LogP contribution in [-0.2, 0) is 0 Å². The van der Waals surface area contributed by atoms with E-state index in [9.17, 15) is 9.18 Å². The van der Waals surface area contributed by atoms with Crippen LogP contribution in [0.5, 0.6) is 0 Å². The Morgan fingerprint density at radius 3 is 2.73 bits per heavy atom. The van der Waals surface area contributed by atoms with Crippen molar-refractivity contribution < 1.29 is 9.18 Å². The lowest BCUT2D eigenvalue weighted by Crippen LogP contribution is -2.43. The topological polar surface area (TPSA) is 23.6 Å². The van der Waals surface area contributed by atoms with Crippen molar-refractivity contribution in [1.29, 1.82) is 0 Å². The summed E-state index contributed by atoms with van der Waals surface area (Å²) in [6.45, 7) is 1.15. The van der Waals surface area contributed by atoms with Crippen LogP contribution in [0.3, 0.4) is 0 Å². The summed E-state index contributed by atoms with van der Waals surface area (Å²) in [4.78, 5) is 16.4. The number of benzene rings is 2. The predicted molar refractivity (Wildman–Crippen MR) is 90.5 cm³/mol. The second-order valence-corrected chi connectivity index (χ2v) is 6.43. The van der Waals surface area contributed by atoms with E-state index in [0.29, 0.717) is 13.1 Å². The van der Waals surface area contributed by atoms with Crippen molar-refractivity contribution in [1.82, 2.24) is 0 Å². The van der Waals surface area contributed by atoms with E-state index in [-0.39, 0.29) is 10.6 Å². The van der Waals surface area contributed by atoms with Crippen LogP contribution in [0.4, 0.5) is 15.8 Å². The Morgan fingerprint density at radius 2 is 2.00 bits per heavy atom. The lowest BCUT2D eigenvalue weighted by Gasteiger charge is -2.36. The summed E-state index contributed by atoms with van der Waals surface area (Å²) >= 11 is 9.45. The van der Waals surface area contributed by atoms with Crippen LogP contribution in [0.1, 0.15) is 10.4 Å². The Hall–Kier alpha value is -1.59. The zero-order chi connectivity index (χ0) is 15.9. The number of carbonyl (C=O) groups is 1. The van der Waals surface area contributed by atoms with Gasteiger partial charge in [0.15, 0.2) is 0 Å². The lowest BCUT2D eigenvalue weighted by atomic mass is 10.1. The Kier molecular flexibility index (Phi) is 4.10. The van der Waals surface area contributed by atoms with E-state index >= 15 is 0 Å². The van der Waals surface area contributed by atoms with Gasteiger partial charge in [0.05, 0.1) is 22.0 Å². The molecular formula is C16H13BrClFN2O. The molecule has 2 aromatic carbocycles. The minimum atomic E-state index is -0.602. The van der Waals surface area contributed by atoms with Gasteiger partial charge < -0.3 is 9.80 Å². The number of carbonyl (C=O) groups excluding carboxylic acids is 1. The molecule has 0 bridgehead atoms. The summed E-state index contributed by atoms with van der Waals surface area (Å²) in [7, 11) is 1.96. The molecular weight excluding hydrogens is 371 g/mol. The first kappa shape index (κ1) is 15.3. The number of rotatable bonds is 1. The van der Waals surface area contributed by atoms with E-state index in [1.165, 1.54) is 18.2 Å². The second-order valence-electron chi connectivity index (χ2n) is 5.11. The van der Waals surface area contributed by atoms with Gasteiger partial charge in [-0.25, -0.2) is 4.39 Å². The Bertz CT molecular complexity index is 733. The number of halogens is 3. The predicted octanol–water partition coefficient (Wildman–Crippen LogP) is 4.34. The van der Waals surface area contributed by atoms with Gasteiger partial charge >= 0.3 is 0 Å². The summed E-state index contributed by atoms with van der Waals surface area (Å²) < 4.78 is 14.9. The lowest BCUT2D eigenvalue weighted by molar-refractivity contribution is 0.0983. The fourth-order valence-corrected chi connectivity index (χ4v) is 3.16. The summed E-state index contributed by atoms with van der Waals surface area (Å²) in [5, 5.41) is 0.127. The molecule has 0 saturated heterocycles. The van der Waals surface area contributed by atoms with Crippen LogP contribution in [0.25, 0.3) is 0 Å². The monoisotopic (exact) mass is 382 g/mol. The van der Waals surface area contributed by atoms with Crippen LogP contribution in [-0.4, -0.2) is 26.0 Å². The first-order valence-electron chi connectivity index (χ1n) is 6.75. The van der Waals surface area contributed by atoms with Crippen LogP contribution >= 0.6 is 27.5 Å². The number of fused-ring (bicyclic) bond motifs is 1. The third-order valence-electron chi connectivity index (χ3n) is 3.72. The Morgan fingerprint density at radius 1 is 1.23 bits per heavy atom. The quantitative estimate of drug-likeness (QED) is 0.731. The maximum Gasteiger partial charge on any atom is 0.262 e. The van der Waals surface area contributed by atoms with Gasteiger partial charge in [0, 0.05) is 24.6 Å². The van der Waals surface area contributed by atoms with Crippen LogP contribution in [0.15, 0.2) is 40.9 Å². The molecule has 2 aromatic rings. The van der Waals surface area contributed by atoms with Crippen molar-refractivity contribution in [3.05, 3.63) is 57.3 Å². The molecule has 0 fully saturated rings. The van der Waals surface area contributed by atoms with Crippen LogP contribution < -0.4 is 9.80 Å². The molecule has 0 spiro atoms. The summed E-state index contributed by atoms with van der Waals surface area (Å²) in [6, 6.07) is 9.91. The largest absolute Gasteiger partial charge is 0.371 e. The van der Waals surface area contributed by atoms with Crippen molar-refractivity contribution in [2.75, 3.05) is 29.9 Å². The molecule has 0 aliphatic carbocycles. The molecule has 6 heteroatoms. The summed E-state index contributed by atoms with van der Waals surface area (Å²) in [5.41, 5.74) is 1.59. The zero-order valence-corrected chi connectivity index (χ0v) is 14.2. The minimum Gasteiger partial charge on any atom is -0.371 e. The van der Waals surface area contributed by atoms with E-state index < -0.39 is 11.7 Å². The van der Waals surface area contributed by atoms with Gasteiger partial charge in [0.1, 0.15) is 5.82 Å². The number of hydrogen-bond acceptors (Lipinski definition) is 2. The maximum absolute atomic E-state index is 14.0. The molecule has 1 aliphatic heterocycles. The van der Waals surface area contributed by atoms with Gasteiger partial charge in [-0.2, -0.15) is 0 Å². The van der Waals surface area contributed by atoms with E-state index in [1.807, 2.05) is 25.2 Å². The average molecular weight is 384 g/mol. The zero-order valence-electron chi connectivity index (χ0n) is 11.8. The van der Waals surface area contributed by atoms with E-state index in [0.717, 1.165) is 15.8 Å². The fourth-order valence-electron chi connectivity index (χ4n) is 2.57. The summed E-state index contributed by atoms with van der Waals surface area (Å²) in [5.74, 6) is -1.02. The molecule has 3 nitrogen and oxygen atoms in total. The van der Waals surface area contributed by atoms with Gasteiger partial charge in [0.2, 0.25) is 0 Å². The number of nitrogens with zero attached hydrogens (tertiary/aromatic N) is 2. The van der Waals surface area contributed by atoms with Gasteiger partial charge in [-0.05, 0) is 30.3 Å². The summed E-state index contributed by atoms with van der Waals surface area (Å²) in [6.07, 6.45) is 0. The van der Waals surface area contributed by atoms with E-state index in [2.05, 4.69) is 20.8 Å². The first-order valence-corrected chi connectivity index (χ1v) is 7.92. The Labute approximate surface area is 141 Å². The van der Waals surface area contributed by atoms with Crippen molar-refractivity contribution in [3.8, 4) is 0 Å². The van der Waals surface area contributed by atoms with Gasteiger partial charge in [-0.3, -0.25) is 4.79 Å². The third kappa shape index (κ3) is 2.59. The molecule has 1 aliphatic rings. The highest BCUT2D eigenvalue weighted by Crippen LogP contribution is 2.36. The fraction of sp³-hybridized carbons (Fsp3) is 0.188. The highest BCUT2D eigenvalue weighted by Gasteiger charge is 2.29. The van der Waals surface area contributed by atoms with Gasteiger partial charge in [-0.1, -0.05) is 33.6 Å². The minimum absolute atomic E-state index is 0.0809. The highest BCUT2D eigenvalue weighted by molar-refractivity contribution is 9.10. The second kappa shape index (κ2) is 5.89. The molecule has 114 valence electrons. The molecule has 0 radical (unpaired) electrons. The first-order chi connectivity index (χ1) is 10.5. The molecule has 22 heavy (non-hydrogen) atoms. The Balaban J connectivity index is 2.07. The van der Waals surface area contributed by atoms with Crippen molar-refractivity contribution in [2.24, 2.45) is 0 Å². The molecule has 1 amide bonds. The molecule has 3 rings (SSSR count). The van der Waals surface area contributed by atoms with E-state index in [1.54, 1.807) is 4.90 Å². The normalized spacial score (nSPS) is 14.0. The van der Waals surface area contributed by atoms with E-state index in [4.69, 9.17) is 11.6 Å². The maximum atomic E-state index is 14.0. The number of anilines is 2. The van der Waals surface area contributed by atoms with Crippen molar-refractivity contribution >= 4 is 44.8 Å². The highest BCUT2D eigenvalue weighted by atomic mass is 79.9. The van der Waals surface area contributed by atoms with Crippen molar-refractivity contribution in [2.45, 2.75) is 0 Å².